The zero-order valence-corrected chi connectivity index (χ0v) is 16.9. The van der Waals surface area contributed by atoms with E-state index in [1.807, 2.05) is 36.4 Å². The standard InChI is InChI=1S/C20H26NO2.HI/c1-16-19(15-21(2,3)4)23-20(22-16,17-11-7-5-8-12-17)18-13-9-6-10-14-18;/h5-14,16,19H,15H2,1-4H3;1H/q+1;/p-1/t16-,19-;/m1./s1. The molecule has 0 aromatic heterocycles. The molecule has 4 heteroatoms. The van der Waals surface area contributed by atoms with Crippen LogP contribution in [0.5, 0.6) is 0 Å². The molecule has 1 heterocycles. The van der Waals surface area contributed by atoms with Crippen LogP contribution in [-0.2, 0) is 15.3 Å². The number of ether oxygens (including phenoxy) is 2. The van der Waals surface area contributed by atoms with Crippen LogP contribution in [0.2, 0.25) is 0 Å². The number of quaternary nitrogens is 1. The third-order valence-electron chi connectivity index (χ3n) is 4.23. The zero-order valence-electron chi connectivity index (χ0n) is 14.8. The van der Waals surface area contributed by atoms with Crippen molar-refractivity contribution in [3.63, 3.8) is 0 Å². The Bertz CT molecular complexity index is 600. The van der Waals surface area contributed by atoms with Crippen LogP contribution in [0.15, 0.2) is 60.7 Å². The lowest BCUT2D eigenvalue weighted by molar-refractivity contribution is -0.873. The number of hydrogen-bond acceptors (Lipinski definition) is 2. The first-order valence-corrected chi connectivity index (χ1v) is 8.18. The fourth-order valence-corrected chi connectivity index (χ4v) is 3.15. The molecule has 130 valence electrons. The van der Waals surface area contributed by atoms with Gasteiger partial charge >= 0.3 is 0 Å². The monoisotopic (exact) mass is 439 g/mol. The van der Waals surface area contributed by atoms with Crippen molar-refractivity contribution >= 4 is 0 Å². The van der Waals surface area contributed by atoms with Crippen LogP contribution in [0.25, 0.3) is 0 Å². The Morgan fingerprint density at radius 1 is 0.833 bits per heavy atom. The normalized spacial score (nSPS) is 22.8. The Morgan fingerprint density at radius 2 is 1.29 bits per heavy atom. The van der Waals surface area contributed by atoms with Crippen molar-refractivity contribution in [3.8, 4) is 0 Å². The molecular formula is C20H26INO2. The van der Waals surface area contributed by atoms with E-state index < -0.39 is 5.79 Å². The largest absolute Gasteiger partial charge is 1.00 e. The summed E-state index contributed by atoms with van der Waals surface area (Å²) in [4.78, 5) is 0. The zero-order chi connectivity index (χ0) is 16.5. The van der Waals surface area contributed by atoms with Gasteiger partial charge in [0.15, 0.2) is 0 Å². The van der Waals surface area contributed by atoms with Crippen molar-refractivity contribution in [2.75, 3.05) is 27.7 Å². The van der Waals surface area contributed by atoms with Gasteiger partial charge in [0, 0.05) is 11.1 Å². The molecule has 3 rings (SSSR count). The van der Waals surface area contributed by atoms with Crippen LogP contribution in [-0.4, -0.2) is 44.4 Å². The molecular weight excluding hydrogens is 413 g/mol. The summed E-state index contributed by atoms with van der Waals surface area (Å²) in [6.45, 7) is 3.01. The van der Waals surface area contributed by atoms with Crippen LogP contribution in [0.1, 0.15) is 18.1 Å². The first-order valence-electron chi connectivity index (χ1n) is 8.18. The Balaban J connectivity index is 0.00000208. The molecule has 0 aliphatic carbocycles. The number of likely N-dealkylation sites (N-methyl/N-ethyl adjacent to an activating group) is 1. The molecule has 2 atom stereocenters. The minimum Gasteiger partial charge on any atom is -1.00 e. The molecule has 1 aliphatic heterocycles. The van der Waals surface area contributed by atoms with Gasteiger partial charge in [0.05, 0.1) is 27.2 Å². The number of halogens is 1. The van der Waals surface area contributed by atoms with E-state index in [4.69, 9.17) is 9.47 Å². The van der Waals surface area contributed by atoms with Crippen molar-refractivity contribution in [2.45, 2.75) is 24.9 Å². The second-order valence-corrected chi connectivity index (χ2v) is 7.30. The molecule has 0 saturated carbocycles. The third kappa shape index (κ3) is 3.99. The smallest absolute Gasteiger partial charge is 0.223 e. The molecule has 2 aromatic carbocycles. The van der Waals surface area contributed by atoms with E-state index in [2.05, 4.69) is 52.3 Å². The summed E-state index contributed by atoms with van der Waals surface area (Å²) in [5, 5.41) is 0. The van der Waals surface area contributed by atoms with Gasteiger partial charge in [-0.25, -0.2) is 0 Å². The van der Waals surface area contributed by atoms with Crippen LogP contribution in [0, 0.1) is 0 Å². The lowest BCUT2D eigenvalue weighted by atomic mass is 9.97. The quantitative estimate of drug-likeness (QED) is 0.508. The molecule has 2 aromatic rings. The van der Waals surface area contributed by atoms with Crippen LogP contribution >= 0.6 is 0 Å². The molecule has 3 nitrogen and oxygen atoms in total. The number of rotatable bonds is 4. The molecule has 1 saturated heterocycles. The summed E-state index contributed by atoms with van der Waals surface area (Å²) >= 11 is 0. The highest BCUT2D eigenvalue weighted by Gasteiger charge is 2.49. The van der Waals surface area contributed by atoms with Crippen molar-refractivity contribution < 1.29 is 37.9 Å². The predicted octanol–water partition coefficient (Wildman–Crippen LogP) is 0.402. The summed E-state index contributed by atoms with van der Waals surface area (Å²) < 4.78 is 13.9. The molecule has 0 spiro atoms. The molecule has 0 unspecified atom stereocenters. The molecule has 24 heavy (non-hydrogen) atoms. The van der Waals surface area contributed by atoms with Gasteiger partial charge in [0.1, 0.15) is 12.6 Å². The van der Waals surface area contributed by atoms with E-state index in [-0.39, 0.29) is 36.2 Å². The van der Waals surface area contributed by atoms with Gasteiger partial charge < -0.3 is 37.9 Å². The lowest BCUT2D eigenvalue weighted by Gasteiger charge is -2.31. The molecule has 0 amide bonds. The molecule has 1 fully saturated rings. The van der Waals surface area contributed by atoms with E-state index in [0.29, 0.717) is 0 Å². The number of hydrogen-bond donors (Lipinski definition) is 0. The maximum atomic E-state index is 6.57. The maximum Gasteiger partial charge on any atom is 0.223 e. The van der Waals surface area contributed by atoms with Crippen molar-refractivity contribution in [1.29, 1.82) is 0 Å². The minimum absolute atomic E-state index is 0. The Labute approximate surface area is 162 Å². The third-order valence-corrected chi connectivity index (χ3v) is 4.23. The van der Waals surface area contributed by atoms with Crippen LogP contribution in [0.4, 0.5) is 0 Å². The van der Waals surface area contributed by atoms with Crippen molar-refractivity contribution in [1.82, 2.24) is 0 Å². The second kappa shape index (κ2) is 7.52. The first kappa shape index (κ1) is 19.4. The Morgan fingerprint density at radius 3 is 1.71 bits per heavy atom. The van der Waals surface area contributed by atoms with E-state index in [1.54, 1.807) is 0 Å². The van der Waals surface area contributed by atoms with E-state index in [0.717, 1.165) is 22.2 Å². The molecule has 1 aliphatic rings. The van der Waals surface area contributed by atoms with Crippen molar-refractivity contribution in [3.05, 3.63) is 71.8 Å². The van der Waals surface area contributed by atoms with Crippen molar-refractivity contribution in [2.24, 2.45) is 0 Å². The van der Waals surface area contributed by atoms with Crippen LogP contribution in [0.3, 0.4) is 0 Å². The van der Waals surface area contributed by atoms with E-state index >= 15 is 0 Å². The van der Waals surface area contributed by atoms with Crippen LogP contribution < -0.4 is 24.0 Å². The summed E-state index contributed by atoms with van der Waals surface area (Å²) in [5.74, 6) is -0.818. The SMILES string of the molecule is C[C@H]1OC(c2ccccc2)(c2ccccc2)O[C@@H]1C[N+](C)(C)C.[I-]. The maximum absolute atomic E-state index is 6.57. The van der Waals surface area contributed by atoms with Gasteiger partial charge in [0.2, 0.25) is 5.79 Å². The summed E-state index contributed by atoms with van der Waals surface area (Å²) in [5.41, 5.74) is 2.09. The van der Waals surface area contributed by atoms with E-state index in [1.165, 1.54) is 0 Å². The van der Waals surface area contributed by atoms with Gasteiger partial charge in [-0.3, -0.25) is 0 Å². The topological polar surface area (TPSA) is 18.5 Å². The second-order valence-electron chi connectivity index (χ2n) is 7.30. The van der Waals surface area contributed by atoms with Gasteiger partial charge in [-0.05, 0) is 6.92 Å². The average molecular weight is 439 g/mol. The summed E-state index contributed by atoms with van der Waals surface area (Å²) in [6, 6.07) is 20.5. The van der Waals surface area contributed by atoms with Gasteiger partial charge in [0.25, 0.3) is 0 Å². The predicted molar refractivity (Wildman–Crippen MR) is 92.0 cm³/mol. The summed E-state index contributed by atoms with van der Waals surface area (Å²) in [6.07, 6.45) is 0.0863. The van der Waals surface area contributed by atoms with Gasteiger partial charge in [-0.1, -0.05) is 60.7 Å². The molecule has 0 bridgehead atoms. The number of nitrogens with zero attached hydrogens (tertiary/aromatic N) is 1. The van der Waals surface area contributed by atoms with E-state index in [9.17, 15) is 0 Å². The minimum atomic E-state index is -0.818. The highest BCUT2D eigenvalue weighted by molar-refractivity contribution is 5.34. The average Bonchev–Trinajstić information content (AvgIpc) is 2.85. The van der Waals surface area contributed by atoms with Gasteiger partial charge in [-0.2, -0.15) is 0 Å². The highest BCUT2D eigenvalue weighted by Crippen LogP contribution is 2.43. The highest BCUT2D eigenvalue weighted by atomic mass is 127. The number of benzene rings is 2. The molecule has 0 radical (unpaired) electrons. The fraction of sp³-hybridized carbons (Fsp3) is 0.400. The molecule has 0 N–H and O–H groups in total. The first-order chi connectivity index (χ1) is 10.9. The Kier molecular flexibility index (Phi) is 6.07. The lowest BCUT2D eigenvalue weighted by Crippen LogP contribution is -3.00. The Hall–Kier alpha value is -0.950. The van der Waals surface area contributed by atoms with Gasteiger partial charge in [-0.15, -0.1) is 0 Å². The fourth-order valence-electron chi connectivity index (χ4n) is 3.15. The summed E-state index contributed by atoms with van der Waals surface area (Å²) in [7, 11) is 6.54.